The van der Waals surface area contributed by atoms with Gasteiger partial charge in [0.05, 0.1) is 12.5 Å². The molecule has 2 aromatic rings. The van der Waals surface area contributed by atoms with Gasteiger partial charge in [-0.05, 0) is 61.0 Å². The van der Waals surface area contributed by atoms with E-state index in [4.69, 9.17) is 0 Å². The molecule has 1 aromatic carbocycles. The van der Waals surface area contributed by atoms with Crippen LogP contribution in [0.4, 0.5) is 5.69 Å². The summed E-state index contributed by atoms with van der Waals surface area (Å²) < 4.78 is 0. The highest BCUT2D eigenvalue weighted by Crippen LogP contribution is 2.29. The Balaban J connectivity index is 1.55. The van der Waals surface area contributed by atoms with Crippen molar-refractivity contribution in [3.05, 3.63) is 52.2 Å². The van der Waals surface area contributed by atoms with Crippen molar-refractivity contribution >= 4 is 28.8 Å². The number of likely N-dealkylation sites (tertiary alicyclic amines) is 1. The minimum absolute atomic E-state index is 0.0270. The summed E-state index contributed by atoms with van der Waals surface area (Å²) in [6.07, 6.45) is 2.78. The molecule has 0 unspecified atom stereocenters. The molecule has 0 radical (unpaired) electrons. The molecule has 0 aliphatic carbocycles. The second-order valence-electron chi connectivity index (χ2n) is 7.61. The quantitative estimate of drug-likeness (QED) is 0.744. The van der Waals surface area contributed by atoms with E-state index in [1.165, 1.54) is 24.6 Å². The molecule has 2 heterocycles. The number of nitrogens with one attached hydrogen (secondary N) is 2. The third-order valence-electron chi connectivity index (χ3n) is 5.26. The molecule has 1 aliphatic rings. The first kappa shape index (κ1) is 20.6. The van der Waals surface area contributed by atoms with Gasteiger partial charge in [-0.1, -0.05) is 25.1 Å². The van der Waals surface area contributed by atoms with Crippen LogP contribution in [-0.4, -0.2) is 36.3 Å². The Hall–Kier alpha value is -2.18. The van der Waals surface area contributed by atoms with Crippen LogP contribution in [0.3, 0.4) is 0 Å². The number of amides is 2. The summed E-state index contributed by atoms with van der Waals surface area (Å²) in [4.78, 5) is 27.4. The van der Waals surface area contributed by atoms with E-state index >= 15 is 0 Å². The minimum atomic E-state index is -0.0998. The van der Waals surface area contributed by atoms with Crippen molar-refractivity contribution in [1.82, 2.24) is 10.2 Å². The number of thiophene rings is 1. The van der Waals surface area contributed by atoms with Gasteiger partial charge in [-0.15, -0.1) is 11.3 Å². The Morgan fingerprint density at radius 3 is 2.50 bits per heavy atom. The number of piperidine rings is 1. The lowest BCUT2D eigenvalue weighted by atomic mass is 9.97. The van der Waals surface area contributed by atoms with E-state index in [2.05, 4.69) is 40.0 Å². The fraction of sp³-hybridized carbons (Fsp3) is 0.455. The molecule has 5 nitrogen and oxygen atoms in total. The molecule has 1 aromatic heterocycles. The number of hydrogen-bond donors (Lipinski definition) is 2. The predicted octanol–water partition coefficient (Wildman–Crippen LogP) is 3.84. The maximum absolute atomic E-state index is 12.5. The molecule has 0 saturated carbocycles. The van der Waals surface area contributed by atoms with Crippen molar-refractivity contribution in [3.63, 3.8) is 0 Å². The highest BCUT2D eigenvalue weighted by atomic mass is 32.1. The Bertz CT molecular complexity index is 766. The van der Waals surface area contributed by atoms with Crippen molar-refractivity contribution in [2.45, 2.75) is 39.2 Å². The van der Waals surface area contributed by atoms with Gasteiger partial charge in [-0.2, -0.15) is 0 Å². The second-order valence-corrected chi connectivity index (χ2v) is 8.59. The van der Waals surface area contributed by atoms with Crippen molar-refractivity contribution in [2.24, 2.45) is 5.92 Å². The second kappa shape index (κ2) is 9.85. The number of anilines is 1. The maximum atomic E-state index is 12.5. The van der Waals surface area contributed by atoms with Crippen molar-refractivity contribution in [3.8, 4) is 0 Å². The Labute approximate surface area is 171 Å². The van der Waals surface area contributed by atoms with Crippen molar-refractivity contribution < 1.29 is 9.59 Å². The number of carbonyl (C=O) groups is 2. The average molecular weight is 400 g/mol. The third-order valence-corrected chi connectivity index (χ3v) is 6.24. The first-order chi connectivity index (χ1) is 13.5. The first-order valence-electron chi connectivity index (χ1n) is 9.92. The fourth-order valence-electron chi connectivity index (χ4n) is 3.60. The molecule has 1 atom stereocenters. The van der Waals surface area contributed by atoms with Gasteiger partial charge in [0, 0.05) is 24.0 Å². The van der Waals surface area contributed by atoms with Crippen molar-refractivity contribution in [2.75, 3.05) is 25.0 Å². The molecular weight excluding hydrogens is 370 g/mol. The Kier molecular flexibility index (Phi) is 7.23. The molecule has 6 heteroatoms. The van der Waals surface area contributed by atoms with Crippen LogP contribution < -0.4 is 10.6 Å². The Morgan fingerprint density at radius 1 is 1.18 bits per heavy atom. The summed E-state index contributed by atoms with van der Waals surface area (Å²) in [5, 5.41) is 7.97. The van der Waals surface area contributed by atoms with Crippen LogP contribution in [0, 0.1) is 5.92 Å². The van der Waals surface area contributed by atoms with Gasteiger partial charge in [0.2, 0.25) is 11.8 Å². The first-order valence-corrected chi connectivity index (χ1v) is 10.8. The van der Waals surface area contributed by atoms with E-state index in [-0.39, 0.29) is 17.9 Å². The third kappa shape index (κ3) is 5.91. The number of benzene rings is 1. The van der Waals surface area contributed by atoms with E-state index in [0.29, 0.717) is 13.0 Å². The molecule has 1 saturated heterocycles. The lowest BCUT2D eigenvalue weighted by Crippen LogP contribution is -2.41. The summed E-state index contributed by atoms with van der Waals surface area (Å²) in [5.41, 5.74) is 1.68. The maximum Gasteiger partial charge on any atom is 0.224 e. The smallest absolute Gasteiger partial charge is 0.224 e. The average Bonchev–Trinajstić information content (AvgIpc) is 3.19. The summed E-state index contributed by atoms with van der Waals surface area (Å²) in [7, 11) is 0. The molecule has 2 N–H and O–H groups in total. The molecule has 150 valence electrons. The van der Waals surface area contributed by atoms with E-state index in [0.717, 1.165) is 30.3 Å². The molecule has 1 aliphatic heterocycles. The van der Waals surface area contributed by atoms with E-state index in [9.17, 15) is 9.59 Å². The monoisotopic (exact) mass is 399 g/mol. The van der Waals surface area contributed by atoms with Gasteiger partial charge in [0.25, 0.3) is 0 Å². The summed E-state index contributed by atoms with van der Waals surface area (Å²) in [6.45, 7) is 6.61. The van der Waals surface area contributed by atoms with Gasteiger partial charge in [-0.3, -0.25) is 14.5 Å². The fourth-order valence-corrected chi connectivity index (χ4v) is 4.46. The number of carbonyl (C=O) groups excluding carboxylic acids is 2. The Morgan fingerprint density at radius 2 is 1.89 bits per heavy atom. The van der Waals surface area contributed by atoms with E-state index in [1.807, 2.05) is 24.3 Å². The molecule has 28 heavy (non-hydrogen) atoms. The van der Waals surface area contributed by atoms with Gasteiger partial charge < -0.3 is 10.6 Å². The highest BCUT2D eigenvalue weighted by molar-refractivity contribution is 7.10. The minimum Gasteiger partial charge on any atom is -0.354 e. The molecule has 0 bridgehead atoms. The molecule has 1 fully saturated rings. The normalized spacial score (nSPS) is 16.5. The lowest BCUT2D eigenvalue weighted by molar-refractivity contribution is -0.120. The summed E-state index contributed by atoms with van der Waals surface area (Å²) in [6, 6.07) is 11.9. The number of nitrogens with zero attached hydrogens (tertiary/aromatic N) is 1. The number of rotatable bonds is 7. The summed E-state index contributed by atoms with van der Waals surface area (Å²) in [5.74, 6) is 0.715. The van der Waals surface area contributed by atoms with Crippen LogP contribution in [0.1, 0.15) is 43.2 Å². The zero-order chi connectivity index (χ0) is 19.9. The van der Waals surface area contributed by atoms with E-state index < -0.39 is 0 Å². The molecular formula is C22H29N3O2S. The largest absolute Gasteiger partial charge is 0.354 e. The van der Waals surface area contributed by atoms with Crippen molar-refractivity contribution in [1.29, 1.82) is 0 Å². The van der Waals surface area contributed by atoms with Gasteiger partial charge in [0.15, 0.2) is 0 Å². The summed E-state index contributed by atoms with van der Waals surface area (Å²) >= 11 is 1.76. The SMILES string of the molecule is CC(=O)Nc1ccc(CC(=O)NC[C@@H](c2cccs2)N2CCC(C)CC2)cc1. The zero-order valence-electron chi connectivity index (χ0n) is 16.6. The predicted molar refractivity (Wildman–Crippen MR) is 114 cm³/mol. The van der Waals surface area contributed by atoms with Gasteiger partial charge in [-0.25, -0.2) is 0 Å². The highest BCUT2D eigenvalue weighted by Gasteiger charge is 2.25. The topological polar surface area (TPSA) is 61.4 Å². The van der Waals surface area contributed by atoms with Crippen LogP contribution in [0.25, 0.3) is 0 Å². The van der Waals surface area contributed by atoms with Crippen LogP contribution in [0.5, 0.6) is 0 Å². The molecule has 0 spiro atoms. The molecule has 2 amide bonds. The van der Waals surface area contributed by atoms with Crippen LogP contribution in [0.2, 0.25) is 0 Å². The van der Waals surface area contributed by atoms with Crippen LogP contribution >= 0.6 is 11.3 Å². The van der Waals surface area contributed by atoms with E-state index in [1.54, 1.807) is 11.3 Å². The zero-order valence-corrected chi connectivity index (χ0v) is 17.4. The molecule has 3 rings (SSSR count). The number of hydrogen-bond acceptors (Lipinski definition) is 4. The lowest BCUT2D eigenvalue weighted by Gasteiger charge is -2.36. The van der Waals surface area contributed by atoms with Gasteiger partial charge >= 0.3 is 0 Å². The van der Waals surface area contributed by atoms with Crippen LogP contribution in [-0.2, 0) is 16.0 Å². The standard InChI is InChI=1S/C22H29N3O2S/c1-16-9-11-25(12-10-16)20(21-4-3-13-28-21)15-23-22(27)14-18-5-7-19(8-6-18)24-17(2)26/h3-8,13,16,20H,9-12,14-15H2,1-2H3,(H,23,27)(H,24,26)/t20-/m0/s1. The van der Waals surface area contributed by atoms with Gasteiger partial charge in [0.1, 0.15) is 0 Å². The van der Waals surface area contributed by atoms with Crippen LogP contribution in [0.15, 0.2) is 41.8 Å².